The van der Waals surface area contributed by atoms with Gasteiger partial charge in [-0.15, -0.1) is 5.10 Å². The molecule has 0 saturated carbocycles. The minimum absolute atomic E-state index is 0.140. The van der Waals surface area contributed by atoms with Gasteiger partial charge in [0, 0.05) is 5.38 Å². The zero-order valence-corrected chi connectivity index (χ0v) is 7.96. The summed E-state index contributed by atoms with van der Waals surface area (Å²) in [5, 5.41) is 5.81. The first-order valence-electron chi connectivity index (χ1n) is 4.21. The molecule has 0 aliphatic carbocycles. The largest absolute Gasteiger partial charge is 0.501 e. The fourth-order valence-electron chi connectivity index (χ4n) is 1.31. The molecule has 4 nitrogen and oxygen atoms in total. The zero-order chi connectivity index (χ0) is 9.10. The molecule has 13 heavy (non-hydrogen) atoms. The second-order valence-electron chi connectivity index (χ2n) is 2.97. The lowest BCUT2D eigenvalue weighted by molar-refractivity contribution is 0.221. The van der Waals surface area contributed by atoms with Crippen LogP contribution in [0.1, 0.15) is 24.6 Å². The summed E-state index contributed by atoms with van der Waals surface area (Å²) in [5.41, 5.74) is 7.92. The van der Waals surface area contributed by atoms with Gasteiger partial charge in [0.15, 0.2) is 0 Å². The second kappa shape index (κ2) is 3.85. The summed E-state index contributed by atoms with van der Waals surface area (Å²) in [7, 11) is 0. The van der Waals surface area contributed by atoms with Crippen LogP contribution in [0.4, 0.5) is 0 Å². The first-order valence-corrected chi connectivity index (χ1v) is 5.04. The molecular weight excluding hydrogens is 186 g/mol. The lowest BCUT2D eigenvalue weighted by Crippen LogP contribution is -2.16. The molecule has 0 amide bonds. The summed E-state index contributed by atoms with van der Waals surface area (Å²) < 4.78 is 9.00. The minimum atomic E-state index is -0.140. The zero-order valence-electron chi connectivity index (χ0n) is 7.14. The van der Waals surface area contributed by atoms with Crippen molar-refractivity contribution in [3.63, 3.8) is 0 Å². The monoisotopic (exact) mass is 197 g/mol. The Kier molecular flexibility index (Phi) is 2.56. The molecule has 1 aromatic rings. The van der Waals surface area contributed by atoms with Gasteiger partial charge in [-0.2, -0.15) is 0 Å². The number of nitrogens with two attached hydrogens (primary N) is 1. The smallest absolute Gasteiger partial charge is 0.0965 e. The highest BCUT2D eigenvalue weighted by Crippen LogP contribution is 2.24. The van der Waals surface area contributed by atoms with Gasteiger partial charge in [0.2, 0.25) is 0 Å². The molecule has 0 aromatic carbocycles. The Balaban J connectivity index is 2.12. The topological polar surface area (TPSA) is 61.0 Å². The Morgan fingerprint density at radius 3 is 3.15 bits per heavy atom. The third-order valence-electron chi connectivity index (χ3n) is 2.06. The van der Waals surface area contributed by atoms with Gasteiger partial charge in [0.05, 0.1) is 24.6 Å². The van der Waals surface area contributed by atoms with Crippen LogP contribution in [0, 0.1) is 0 Å². The van der Waals surface area contributed by atoms with E-state index in [1.165, 1.54) is 11.5 Å². The molecule has 1 atom stereocenters. The van der Waals surface area contributed by atoms with E-state index in [2.05, 4.69) is 9.59 Å². The molecule has 70 valence electrons. The highest BCUT2D eigenvalue weighted by atomic mass is 32.1. The van der Waals surface area contributed by atoms with E-state index in [4.69, 9.17) is 10.5 Å². The summed E-state index contributed by atoms with van der Waals surface area (Å²) in [6, 6.07) is -0.140. The fourth-order valence-corrected chi connectivity index (χ4v) is 1.80. The van der Waals surface area contributed by atoms with Crippen LogP contribution in [0.3, 0.4) is 0 Å². The average Bonchev–Trinajstić information content (AvgIpc) is 2.71. The number of aromatic nitrogens is 2. The number of nitrogens with zero attached hydrogens (tertiary/aromatic N) is 2. The van der Waals surface area contributed by atoms with Crippen LogP contribution in [-0.2, 0) is 4.74 Å². The van der Waals surface area contributed by atoms with E-state index in [9.17, 15) is 0 Å². The number of ether oxygens (including phenoxy) is 1. The molecule has 1 aliphatic rings. The molecule has 1 aromatic heterocycles. The molecular formula is C8H11N3OS. The molecule has 2 heterocycles. The lowest BCUT2D eigenvalue weighted by Gasteiger charge is -2.17. The minimum Gasteiger partial charge on any atom is -0.501 e. The van der Waals surface area contributed by atoms with Crippen molar-refractivity contribution in [3.05, 3.63) is 22.9 Å². The van der Waals surface area contributed by atoms with Gasteiger partial charge < -0.3 is 10.5 Å². The Morgan fingerprint density at radius 2 is 2.54 bits per heavy atom. The van der Waals surface area contributed by atoms with Gasteiger partial charge in [-0.25, -0.2) is 0 Å². The Hall–Kier alpha value is -0.940. The van der Waals surface area contributed by atoms with Crippen LogP contribution in [0.5, 0.6) is 0 Å². The summed E-state index contributed by atoms with van der Waals surface area (Å²) in [5.74, 6) is 0. The van der Waals surface area contributed by atoms with Gasteiger partial charge in [0.25, 0.3) is 0 Å². The molecule has 1 unspecified atom stereocenters. The van der Waals surface area contributed by atoms with Gasteiger partial charge in [-0.1, -0.05) is 4.49 Å². The first kappa shape index (κ1) is 8.65. The molecule has 2 rings (SSSR count). The van der Waals surface area contributed by atoms with Crippen LogP contribution in [0.15, 0.2) is 17.2 Å². The van der Waals surface area contributed by atoms with E-state index in [0.717, 1.165) is 30.7 Å². The second-order valence-corrected chi connectivity index (χ2v) is 3.58. The molecule has 0 bridgehead atoms. The molecule has 0 spiro atoms. The molecule has 1 aliphatic heterocycles. The van der Waals surface area contributed by atoms with E-state index in [1.54, 1.807) is 6.26 Å². The summed E-state index contributed by atoms with van der Waals surface area (Å²) in [6.45, 7) is 0.797. The van der Waals surface area contributed by atoms with E-state index < -0.39 is 0 Å². The Labute approximate surface area is 80.6 Å². The third-order valence-corrected chi connectivity index (χ3v) is 2.58. The maximum absolute atomic E-state index is 5.97. The van der Waals surface area contributed by atoms with Crippen molar-refractivity contribution >= 4 is 11.5 Å². The predicted molar refractivity (Wildman–Crippen MR) is 50.1 cm³/mol. The van der Waals surface area contributed by atoms with Gasteiger partial charge in [-0.05, 0) is 29.9 Å². The number of hydrogen-bond donors (Lipinski definition) is 1. The first-order chi connectivity index (χ1) is 6.38. The van der Waals surface area contributed by atoms with Crippen molar-refractivity contribution in [2.45, 2.75) is 18.9 Å². The molecule has 0 fully saturated rings. The summed E-state index contributed by atoms with van der Waals surface area (Å²) in [6.07, 6.45) is 3.79. The lowest BCUT2D eigenvalue weighted by atomic mass is 10.0. The molecule has 0 saturated heterocycles. The van der Waals surface area contributed by atoms with Crippen molar-refractivity contribution in [1.29, 1.82) is 0 Å². The van der Waals surface area contributed by atoms with Crippen LogP contribution in [0.25, 0.3) is 0 Å². The van der Waals surface area contributed by atoms with Crippen molar-refractivity contribution in [2.24, 2.45) is 5.73 Å². The van der Waals surface area contributed by atoms with Crippen molar-refractivity contribution in [2.75, 3.05) is 6.61 Å². The van der Waals surface area contributed by atoms with Crippen molar-refractivity contribution in [3.8, 4) is 0 Å². The van der Waals surface area contributed by atoms with Crippen molar-refractivity contribution in [1.82, 2.24) is 9.59 Å². The molecule has 2 N–H and O–H groups in total. The Bertz CT molecular complexity index is 296. The SMILES string of the molecule is NC(C1=COCCC1)c1csnn1. The number of rotatable bonds is 2. The van der Waals surface area contributed by atoms with E-state index in [1.807, 2.05) is 5.38 Å². The summed E-state index contributed by atoms with van der Waals surface area (Å²) >= 11 is 1.32. The van der Waals surface area contributed by atoms with E-state index in [-0.39, 0.29) is 6.04 Å². The standard InChI is InChI=1S/C8H11N3OS/c9-8(7-5-13-11-10-7)6-2-1-3-12-4-6/h4-5,8H,1-3,9H2. The van der Waals surface area contributed by atoms with Gasteiger partial charge in [-0.3, -0.25) is 0 Å². The van der Waals surface area contributed by atoms with E-state index >= 15 is 0 Å². The van der Waals surface area contributed by atoms with Crippen LogP contribution in [0.2, 0.25) is 0 Å². The average molecular weight is 197 g/mol. The predicted octanol–water partition coefficient (Wildman–Crippen LogP) is 1.23. The van der Waals surface area contributed by atoms with Crippen LogP contribution < -0.4 is 5.73 Å². The molecule has 0 radical (unpaired) electrons. The van der Waals surface area contributed by atoms with Crippen molar-refractivity contribution < 1.29 is 4.74 Å². The summed E-state index contributed by atoms with van der Waals surface area (Å²) in [4.78, 5) is 0. The van der Waals surface area contributed by atoms with E-state index in [0.29, 0.717) is 0 Å². The van der Waals surface area contributed by atoms with Gasteiger partial charge >= 0.3 is 0 Å². The van der Waals surface area contributed by atoms with Crippen LogP contribution in [-0.4, -0.2) is 16.2 Å². The highest BCUT2D eigenvalue weighted by molar-refractivity contribution is 7.03. The van der Waals surface area contributed by atoms with Gasteiger partial charge in [0.1, 0.15) is 0 Å². The number of hydrogen-bond acceptors (Lipinski definition) is 5. The highest BCUT2D eigenvalue weighted by Gasteiger charge is 2.16. The fraction of sp³-hybridized carbons (Fsp3) is 0.500. The quantitative estimate of drug-likeness (QED) is 0.774. The maximum atomic E-state index is 5.97. The Morgan fingerprint density at radius 1 is 1.62 bits per heavy atom. The third kappa shape index (κ3) is 1.87. The van der Waals surface area contributed by atoms with Crippen LogP contribution >= 0.6 is 11.5 Å². The maximum Gasteiger partial charge on any atom is 0.0965 e. The normalized spacial score (nSPS) is 19.0. The molecule has 5 heteroatoms.